The lowest BCUT2D eigenvalue weighted by molar-refractivity contribution is 0.178. The summed E-state index contributed by atoms with van der Waals surface area (Å²) in [5, 5.41) is 0. The molecular weight excluding hydrogens is 291 g/mol. The molecule has 0 aromatic heterocycles. The molecule has 0 atom stereocenters. The summed E-state index contributed by atoms with van der Waals surface area (Å²) in [6.45, 7) is 0. The van der Waals surface area contributed by atoms with Crippen LogP contribution in [0.15, 0.2) is 23.1 Å². The van der Waals surface area contributed by atoms with E-state index in [-0.39, 0.29) is 16.7 Å². The first-order valence-electron chi connectivity index (χ1n) is 6.38. The Labute approximate surface area is 117 Å². The Morgan fingerprint density at radius 3 is 2.37 bits per heavy atom. The summed E-state index contributed by atoms with van der Waals surface area (Å²) in [6.07, 6.45) is 6.22. The third-order valence-electron chi connectivity index (χ3n) is 3.26. The van der Waals surface area contributed by atoms with Crippen LogP contribution in [0.5, 0.6) is 5.75 Å². The minimum absolute atomic E-state index is 0.0230. The van der Waals surface area contributed by atoms with Crippen molar-refractivity contribution in [1.29, 1.82) is 0 Å². The Morgan fingerprint density at radius 2 is 1.79 bits per heavy atom. The van der Waals surface area contributed by atoms with E-state index in [1.54, 1.807) is 0 Å². The first kappa shape index (κ1) is 14.6. The second kappa shape index (κ2) is 6.09. The maximum atomic E-state index is 13.1. The van der Waals surface area contributed by atoms with Crippen molar-refractivity contribution in [3.63, 3.8) is 0 Å². The number of hydrogen-bond acceptors (Lipinski definition) is 3. The molecule has 1 saturated carbocycles. The lowest BCUT2D eigenvalue weighted by Crippen LogP contribution is -2.16. The van der Waals surface area contributed by atoms with Gasteiger partial charge in [-0.05, 0) is 43.9 Å². The third-order valence-corrected chi connectivity index (χ3v) is 4.61. The summed E-state index contributed by atoms with van der Waals surface area (Å²) >= 11 is 0. The molecule has 0 spiro atoms. The third kappa shape index (κ3) is 4.08. The van der Waals surface area contributed by atoms with Crippen LogP contribution in [-0.4, -0.2) is 14.5 Å². The van der Waals surface area contributed by atoms with Crippen molar-refractivity contribution in [2.45, 2.75) is 49.5 Å². The van der Waals surface area contributed by atoms with Gasteiger partial charge in [0, 0.05) is 10.7 Å². The molecule has 3 nitrogen and oxygen atoms in total. The van der Waals surface area contributed by atoms with E-state index >= 15 is 0 Å². The van der Waals surface area contributed by atoms with Crippen LogP contribution in [0.3, 0.4) is 0 Å². The second-order valence-electron chi connectivity index (χ2n) is 4.76. The van der Waals surface area contributed by atoms with Gasteiger partial charge in [-0.25, -0.2) is 12.8 Å². The molecule has 1 aromatic rings. The van der Waals surface area contributed by atoms with Gasteiger partial charge in [0.15, 0.2) is 0 Å². The molecule has 0 aliphatic heterocycles. The summed E-state index contributed by atoms with van der Waals surface area (Å²) in [6, 6.07) is 3.40. The van der Waals surface area contributed by atoms with Gasteiger partial charge >= 0.3 is 0 Å². The molecule has 0 saturated heterocycles. The average molecular weight is 307 g/mol. The van der Waals surface area contributed by atoms with E-state index in [1.807, 2.05) is 0 Å². The maximum Gasteiger partial charge on any atom is 0.265 e. The highest BCUT2D eigenvalue weighted by Gasteiger charge is 2.21. The van der Waals surface area contributed by atoms with E-state index in [1.165, 1.54) is 25.0 Å². The predicted octanol–water partition coefficient (Wildman–Crippen LogP) is 3.85. The molecule has 2 rings (SSSR count). The van der Waals surface area contributed by atoms with Crippen molar-refractivity contribution in [2.75, 3.05) is 0 Å². The summed E-state index contributed by atoms with van der Waals surface area (Å²) < 4.78 is 41.7. The van der Waals surface area contributed by atoms with Gasteiger partial charge in [0.05, 0.1) is 6.10 Å². The van der Waals surface area contributed by atoms with Gasteiger partial charge in [-0.3, -0.25) is 0 Å². The van der Waals surface area contributed by atoms with Gasteiger partial charge in [-0.2, -0.15) is 0 Å². The lowest BCUT2D eigenvalue weighted by Gasteiger charge is -2.18. The standard InChI is InChI=1S/C13H16ClFO3S/c14-19(16,17)13-9-10(15)7-8-12(13)18-11-5-3-1-2-4-6-11/h7-9,11H,1-6H2. The molecular formula is C13H16ClFO3S. The smallest absolute Gasteiger partial charge is 0.265 e. The van der Waals surface area contributed by atoms with Crippen LogP contribution in [0.4, 0.5) is 4.39 Å². The molecule has 0 radical (unpaired) electrons. The molecule has 106 valence electrons. The van der Waals surface area contributed by atoms with Crippen LogP contribution >= 0.6 is 10.7 Å². The molecule has 0 N–H and O–H groups in total. The molecule has 0 heterocycles. The van der Waals surface area contributed by atoms with Crippen molar-refractivity contribution in [2.24, 2.45) is 0 Å². The monoisotopic (exact) mass is 306 g/mol. The minimum atomic E-state index is -4.01. The van der Waals surface area contributed by atoms with Crippen molar-refractivity contribution >= 4 is 19.7 Å². The number of halogens is 2. The number of rotatable bonds is 3. The zero-order valence-corrected chi connectivity index (χ0v) is 12.0. The van der Waals surface area contributed by atoms with Crippen LogP contribution < -0.4 is 4.74 Å². The molecule has 1 aliphatic carbocycles. The summed E-state index contributed by atoms with van der Waals surface area (Å²) in [5.74, 6) is -0.504. The van der Waals surface area contributed by atoms with Crippen LogP contribution in [0.2, 0.25) is 0 Å². The second-order valence-corrected chi connectivity index (χ2v) is 7.29. The highest BCUT2D eigenvalue weighted by Crippen LogP contribution is 2.31. The minimum Gasteiger partial charge on any atom is -0.489 e. The van der Waals surface area contributed by atoms with E-state index in [0.29, 0.717) is 0 Å². The van der Waals surface area contributed by atoms with E-state index in [2.05, 4.69) is 0 Å². The zero-order chi connectivity index (χ0) is 13.9. The number of benzene rings is 1. The normalized spacial score (nSPS) is 18.0. The fourth-order valence-corrected chi connectivity index (χ4v) is 3.28. The summed E-state index contributed by atoms with van der Waals surface area (Å²) in [4.78, 5) is -0.293. The maximum absolute atomic E-state index is 13.1. The fourth-order valence-electron chi connectivity index (χ4n) is 2.31. The van der Waals surface area contributed by atoms with E-state index in [4.69, 9.17) is 15.4 Å². The zero-order valence-electron chi connectivity index (χ0n) is 10.4. The first-order chi connectivity index (χ1) is 8.97. The summed E-state index contributed by atoms with van der Waals surface area (Å²) in [5.41, 5.74) is 0. The number of hydrogen-bond donors (Lipinski definition) is 0. The highest BCUT2D eigenvalue weighted by atomic mass is 35.7. The van der Waals surface area contributed by atoms with Gasteiger partial charge < -0.3 is 4.74 Å². The molecule has 0 unspecified atom stereocenters. The van der Waals surface area contributed by atoms with E-state index < -0.39 is 14.9 Å². The van der Waals surface area contributed by atoms with Crippen molar-refractivity contribution in [3.05, 3.63) is 24.0 Å². The van der Waals surface area contributed by atoms with Crippen LogP contribution in [0, 0.1) is 5.82 Å². The molecule has 1 aromatic carbocycles. The predicted molar refractivity (Wildman–Crippen MR) is 71.6 cm³/mol. The van der Waals surface area contributed by atoms with Crippen LogP contribution in [0.1, 0.15) is 38.5 Å². The van der Waals surface area contributed by atoms with Crippen LogP contribution in [-0.2, 0) is 9.05 Å². The van der Waals surface area contributed by atoms with Gasteiger partial charge in [0.1, 0.15) is 16.5 Å². The summed E-state index contributed by atoms with van der Waals surface area (Å²) in [7, 11) is 1.30. The molecule has 1 fully saturated rings. The Bertz CT molecular complexity index is 537. The van der Waals surface area contributed by atoms with Gasteiger partial charge in [0.2, 0.25) is 0 Å². The van der Waals surface area contributed by atoms with Crippen molar-refractivity contribution in [1.82, 2.24) is 0 Å². The lowest BCUT2D eigenvalue weighted by atomic mass is 10.1. The van der Waals surface area contributed by atoms with Crippen molar-refractivity contribution < 1.29 is 17.5 Å². The Hall–Kier alpha value is -0.810. The molecule has 0 bridgehead atoms. The molecule has 19 heavy (non-hydrogen) atoms. The topological polar surface area (TPSA) is 43.4 Å². The van der Waals surface area contributed by atoms with Gasteiger partial charge in [-0.1, -0.05) is 12.8 Å². The van der Waals surface area contributed by atoms with Gasteiger partial charge in [-0.15, -0.1) is 0 Å². The molecule has 6 heteroatoms. The largest absolute Gasteiger partial charge is 0.489 e. The molecule has 1 aliphatic rings. The van der Waals surface area contributed by atoms with Crippen LogP contribution in [0.25, 0.3) is 0 Å². The average Bonchev–Trinajstić information content (AvgIpc) is 2.59. The van der Waals surface area contributed by atoms with Crippen molar-refractivity contribution in [3.8, 4) is 5.75 Å². The Balaban J connectivity index is 2.24. The fraction of sp³-hybridized carbons (Fsp3) is 0.538. The Kier molecular flexibility index (Phi) is 4.68. The quantitative estimate of drug-likeness (QED) is 0.629. The molecule has 0 amide bonds. The first-order valence-corrected chi connectivity index (χ1v) is 8.68. The Morgan fingerprint density at radius 1 is 1.16 bits per heavy atom. The van der Waals surface area contributed by atoms with E-state index in [9.17, 15) is 12.8 Å². The highest BCUT2D eigenvalue weighted by molar-refractivity contribution is 8.13. The van der Waals surface area contributed by atoms with Gasteiger partial charge in [0.25, 0.3) is 9.05 Å². The van der Waals surface area contributed by atoms with E-state index in [0.717, 1.165) is 31.7 Å². The SMILES string of the molecule is O=S(=O)(Cl)c1cc(F)ccc1OC1CCCCCC1. The number of ether oxygens (including phenoxy) is 1.